The van der Waals surface area contributed by atoms with E-state index in [2.05, 4.69) is 0 Å². The summed E-state index contributed by atoms with van der Waals surface area (Å²) in [5, 5.41) is 0. The van der Waals surface area contributed by atoms with E-state index in [1.165, 1.54) is 0 Å². The van der Waals surface area contributed by atoms with Gasteiger partial charge in [-0.3, -0.25) is 9.59 Å². The molecule has 0 aliphatic heterocycles. The smallest absolute Gasteiger partial charge is 0.206 e. The summed E-state index contributed by atoms with van der Waals surface area (Å²) in [6.07, 6.45) is 12.1. The monoisotopic (exact) mass is 480 g/mol. The molecule has 2 aliphatic carbocycles. The molecule has 0 aromatic carbocycles. The maximum absolute atomic E-state index is 11.9. The van der Waals surface area contributed by atoms with Gasteiger partial charge < -0.3 is 34.0 Å². The van der Waals surface area contributed by atoms with E-state index in [1.807, 2.05) is 58.2 Å². The van der Waals surface area contributed by atoms with Crippen LogP contribution in [0.4, 0.5) is 0 Å². The summed E-state index contributed by atoms with van der Waals surface area (Å²) >= 11 is 0. The van der Waals surface area contributed by atoms with Crippen LogP contribution in [0.25, 0.3) is 11.1 Å². The third kappa shape index (κ3) is 5.30. The molecule has 0 unspecified atom stereocenters. The van der Waals surface area contributed by atoms with Gasteiger partial charge in [0.2, 0.25) is 13.1 Å². The fourth-order valence-electron chi connectivity index (χ4n) is 2.94. The van der Waals surface area contributed by atoms with Gasteiger partial charge in [0, 0.05) is 36.1 Å². The molecule has 2 aromatic heterocycles. The molecular formula is C20H22Br2N2O2. The van der Waals surface area contributed by atoms with Crippen LogP contribution in [0.2, 0.25) is 0 Å². The van der Waals surface area contributed by atoms with Crippen LogP contribution >= 0.6 is 0 Å². The lowest BCUT2D eigenvalue weighted by atomic mass is 10.1. The highest BCUT2D eigenvalue weighted by atomic mass is 79.9. The highest BCUT2D eigenvalue weighted by Crippen LogP contribution is 2.30. The lowest BCUT2D eigenvalue weighted by Crippen LogP contribution is -3.00. The molecule has 4 nitrogen and oxygen atoms in total. The summed E-state index contributed by atoms with van der Waals surface area (Å²) in [6.45, 7) is 0.950. The Morgan fingerprint density at radius 1 is 0.692 bits per heavy atom. The van der Waals surface area contributed by atoms with E-state index in [1.54, 1.807) is 0 Å². The normalized spacial score (nSPS) is 15.5. The number of hydrogen-bond acceptors (Lipinski definition) is 2. The van der Waals surface area contributed by atoms with Crippen molar-refractivity contribution in [3.63, 3.8) is 0 Å². The van der Waals surface area contributed by atoms with Crippen LogP contribution in [0.3, 0.4) is 0 Å². The van der Waals surface area contributed by atoms with Gasteiger partial charge in [-0.15, -0.1) is 0 Å². The highest BCUT2D eigenvalue weighted by molar-refractivity contribution is 5.82. The number of halogens is 2. The molecule has 0 spiro atoms. The van der Waals surface area contributed by atoms with Crippen molar-refractivity contribution < 1.29 is 52.7 Å². The zero-order chi connectivity index (χ0) is 16.5. The number of nitrogens with zero attached hydrogens (tertiary/aromatic N) is 2. The number of pyridine rings is 2. The lowest BCUT2D eigenvalue weighted by molar-refractivity contribution is -0.684. The molecule has 2 heterocycles. The van der Waals surface area contributed by atoms with Crippen LogP contribution in [-0.2, 0) is 22.7 Å². The first-order valence-electron chi connectivity index (χ1n) is 8.73. The number of rotatable bonds is 7. The van der Waals surface area contributed by atoms with E-state index in [0.29, 0.717) is 36.5 Å². The fourth-order valence-corrected chi connectivity index (χ4v) is 2.94. The highest BCUT2D eigenvalue weighted by Gasteiger charge is 2.32. The number of Topliss-reactive ketones (excluding diaryl/α,β-unsaturated/α-hetero) is 2. The standard InChI is InChI=1S/C20H22N2O2.2BrH/c23-19(17-1-2-17)13-21-9-5-15(6-10-21)16-7-11-22(12-8-16)14-20(24)18-3-4-18;;/h5-12,17-18H,1-4,13-14H2;2*1H/q+2;;/p-2. The van der Waals surface area contributed by atoms with Crippen molar-refractivity contribution in [1.29, 1.82) is 0 Å². The van der Waals surface area contributed by atoms with Gasteiger partial charge in [-0.2, -0.15) is 9.13 Å². The molecule has 0 bridgehead atoms. The zero-order valence-electron chi connectivity index (χ0n) is 14.5. The fraction of sp³-hybridized carbons (Fsp3) is 0.400. The Kier molecular flexibility index (Phi) is 7.24. The second kappa shape index (κ2) is 9.00. The number of hydrogen-bond donors (Lipinski definition) is 0. The molecule has 2 fully saturated rings. The van der Waals surface area contributed by atoms with Crippen LogP contribution in [0, 0.1) is 11.8 Å². The topological polar surface area (TPSA) is 41.9 Å². The molecule has 138 valence electrons. The predicted octanol–water partition coefficient (Wildman–Crippen LogP) is -4.11. The summed E-state index contributed by atoms with van der Waals surface area (Å²) in [4.78, 5) is 23.7. The van der Waals surface area contributed by atoms with Gasteiger partial charge in [-0.05, 0) is 36.8 Å². The molecule has 4 rings (SSSR count). The second-order valence-corrected chi connectivity index (χ2v) is 7.00. The Labute approximate surface area is 174 Å². The zero-order valence-corrected chi connectivity index (χ0v) is 17.7. The van der Waals surface area contributed by atoms with E-state index in [0.717, 1.165) is 36.8 Å². The van der Waals surface area contributed by atoms with E-state index in [-0.39, 0.29) is 34.0 Å². The van der Waals surface area contributed by atoms with Crippen LogP contribution < -0.4 is 43.1 Å². The Morgan fingerprint density at radius 2 is 1.00 bits per heavy atom. The maximum atomic E-state index is 11.9. The van der Waals surface area contributed by atoms with Crippen LogP contribution in [0.5, 0.6) is 0 Å². The SMILES string of the molecule is O=C(C[n+]1ccc(-c2cc[n+](CC(=O)C3CC3)cc2)cc1)C1CC1.[Br-].[Br-]. The first-order valence-corrected chi connectivity index (χ1v) is 8.73. The minimum Gasteiger partial charge on any atom is -1.00 e. The van der Waals surface area contributed by atoms with Gasteiger partial charge in [0.1, 0.15) is 0 Å². The third-order valence-electron chi connectivity index (χ3n) is 4.86. The van der Waals surface area contributed by atoms with E-state index >= 15 is 0 Å². The summed E-state index contributed by atoms with van der Waals surface area (Å²) in [7, 11) is 0. The Morgan fingerprint density at radius 3 is 1.27 bits per heavy atom. The van der Waals surface area contributed by atoms with Crippen molar-refractivity contribution >= 4 is 11.6 Å². The van der Waals surface area contributed by atoms with Gasteiger partial charge in [0.05, 0.1) is 0 Å². The Hall–Kier alpha value is -1.40. The van der Waals surface area contributed by atoms with Gasteiger partial charge in [0.25, 0.3) is 0 Å². The molecule has 2 saturated carbocycles. The average Bonchev–Trinajstić information content (AvgIpc) is 3.49. The van der Waals surface area contributed by atoms with E-state index < -0.39 is 0 Å². The predicted molar refractivity (Wildman–Crippen MR) is 87.7 cm³/mol. The minimum atomic E-state index is 0. The lowest BCUT2D eigenvalue weighted by Gasteiger charge is -2.01. The van der Waals surface area contributed by atoms with Gasteiger partial charge in [-0.1, -0.05) is 0 Å². The number of ketones is 2. The Bertz CT molecular complexity index is 700. The van der Waals surface area contributed by atoms with Crippen LogP contribution in [0.15, 0.2) is 49.1 Å². The van der Waals surface area contributed by atoms with Gasteiger partial charge in [0.15, 0.2) is 36.4 Å². The average molecular weight is 482 g/mol. The first kappa shape index (κ1) is 20.9. The molecule has 0 saturated heterocycles. The number of carbonyl (C=O) groups excluding carboxylic acids is 2. The summed E-state index contributed by atoms with van der Waals surface area (Å²) in [6, 6.07) is 8.15. The number of aromatic nitrogens is 2. The second-order valence-electron chi connectivity index (χ2n) is 7.00. The largest absolute Gasteiger partial charge is 1.00 e. The van der Waals surface area contributed by atoms with Gasteiger partial charge in [-0.25, -0.2) is 0 Å². The van der Waals surface area contributed by atoms with E-state index in [4.69, 9.17) is 0 Å². The number of carbonyl (C=O) groups is 2. The molecule has 26 heavy (non-hydrogen) atoms. The molecular weight excluding hydrogens is 460 g/mol. The van der Waals surface area contributed by atoms with Crippen molar-refractivity contribution in [1.82, 2.24) is 0 Å². The Balaban J connectivity index is 0.00000121. The summed E-state index contributed by atoms with van der Waals surface area (Å²) in [5.74, 6) is 1.29. The molecule has 0 amide bonds. The summed E-state index contributed by atoms with van der Waals surface area (Å²) in [5.41, 5.74) is 2.23. The molecule has 2 aromatic rings. The molecule has 6 heteroatoms. The quantitative estimate of drug-likeness (QED) is 0.377. The first-order chi connectivity index (χ1) is 11.7. The molecule has 0 N–H and O–H groups in total. The summed E-state index contributed by atoms with van der Waals surface area (Å²) < 4.78 is 3.89. The van der Waals surface area contributed by atoms with Crippen molar-refractivity contribution in [2.24, 2.45) is 11.8 Å². The maximum Gasteiger partial charge on any atom is 0.206 e. The van der Waals surface area contributed by atoms with Gasteiger partial charge >= 0.3 is 0 Å². The van der Waals surface area contributed by atoms with Crippen LogP contribution in [-0.4, -0.2) is 11.6 Å². The van der Waals surface area contributed by atoms with Crippen molar-refractivity contribution in [3.8, 4) is 11.1 Å². The molecule has 2 aliphatic rings. The van der Waals surface area contributed by atoms with Crippen molar-refractivity contribution in [2.45, 2.75) is 38.8 Å². The van der Waals surface area contributed by atoms with Crippen molar-refractivity contribution in [3.05, 3.63) is 49.1 Å². The van der Waals surface area contributed by atoms with Crippen LogP contribution in [0.1, 0.15) is 25.7 Å². The molecule has 0 atom stereocenters. The minimum absolute atomic E-state index is 0. The van der Waals surface area contributed by atoms with E-state index in [9.17, 15) is 9.59 Å². The van der Waals surface area contributed by atoms with Crippen molar-refractivity contribution in [2.75, 3.05) is 0 Å². The molecule has 0 radical (unpaired) electrons. The third-order valence-corrected chi connectivity index (χ3v) is 4.86.